The summed E-state index contributed by atoms with van der Waals surface area (Å²) in [4.78, 5) is 35.3. The number of anilines is 1. The van der Waals surface area contributed by atoms with Crippen molar-refractivity contribution in [2.75, 3.05) is 11.9 Å². The molecular formula is C18H15Cl2NO4. The molecule has 0 radical (unpaired) electrons. The van der Waals surface area contributed by atoms with Crippen LogP contribution in [-0.2, 0) is 20.7 Å². The largest absolute Gasteiger partial charge is 0.455 e. The Bertz CT molecular complexity index is 820. The predicted molar refractivity (Wildman–Crippen MR) is 96.2 cm³/mol. The molecule has 7 heteroatoms. The summed E-state index contributed by atoms with van der Waals surface area (Å²) in [5, 5.41) is 3.36. The standard InChI is InChI=1S/C18H15Cl2NO4/c1-11(22)14-4-2-3-5-16(14)21-17(23)10-25-18(24)8-12-6-7-13(19)9-15(12)20/h2-7,9H,8,10H2,1H3,(H,21,23). The molecule has 2 aromatic rings. The number of halogens is 2. The van der Waals surface area contributed by atoms with E-state index in [2.05, 4.69) is 5.32 Å². The summed E-state index contributed by atoms with van der Waals surface area (Å²) in [6.07, 6.45) is -0.0761. The average Bonchev–Trinajstić information content (AvgIpc) is 2.56. The SMILES string of the molecule is CC(=O)c1ccccc1NC(=O)COC(=O)Cc1ccc(Cl)cc1Cl. The number of carbonyl (C=O) groups is 3. The molecule has 2 rings (SSSR count). The van der Waals surface area contributed by atoms with E-state index in [-0.39, 0.29) is 12.2 Å². The van der Waals surface area contributed by atoms with Crippen molar-refractivity contribution < 1.29 is 19.1 Å². The van der Waals surface area contributed by atoms with Crippen LogP contribution in [0.2, 0.25) is 10.0 Å². The minimum absolute atomic E-state index is 0.0761. The molecule has 1 N–H and O–H groups in total. The number of amides is 1. The first-order chi connectivity index (χ1) is 11.9. The molecule has 0 heterocycles. The van der Waals surface area contributed by atoms with Gasteiger partial charge >= 0.3 is 5.97 Å². The predicted octanol–water partition coefficient (Wildman–Crippen LogP) is 3.92. The van der Waals surface area contributed by atoms with E-state index >= 15 is 0 Å². The monoisotopic (exact) mass is 379 g/mol. The molecule has 0 aliphatic carbocycles. The Kier molecular flexibility index (Phi) is 6.56. The van der Waals surface area contributed by atoms with Crippen LogP contribution in [0, 0.1) is 0 Å². The van der Waals surface area contributed by atoms with Crippen LogP contribution < -0.4 is 5.32 Å². The fourth-order valence-corrected chi connectivity index (χ4v) is 2.58. The van der Waals surface area contributed by atoms with Crippen LogP contribution in [0.15, 0.2) is 42.5 Å². The molecule has 0 aliphatic heterocycles. The van der Waals surface area contributed by atoms with E-state index in [0.29, 0.717) is 26.9 Å². The zero-order valence-electron chi connectivity index (χ0n) is 13.3. The van der Waals surface area contributed by atoms with Crippen molar-refractivity contribution in [1.82, 2.24) is 0 Å². The quantitative estimate of drug-likeness (QED) is 0.609. The third kappa shape index (κ3) is 5.59. The maximum absolute atomic E-state index is 11.9. The van der Waals surface area contributed by atoms with Gasteiger partial charge in [-0.25, -0.2) is 0 Å². The van der Waals surface area contributed by atoms with E-state index in [0.717, 1.165) is 0 Å². The number of rotatable bonds is 6. The van der Waals surface area contributed by atoms with Crippen LogP contribution in [0.1, 0.15) is 22.8 Å². The summed E-state index contributed by atoms with van der Waals surface area (Å²) in [5.74, 6) is -1.31. The van der Waals surface area contributed by atoms with Crippen LogP contribution in [0.5, 0.6) is 0 Å². The van der Waals surface area contributed by atoms with Crippen LogP contribution in [0.4, 0.5) is 5.69 Å². The second-order valence-electron chi connectivity index (χ2n) is 5.22. The zero-order chi connectivity index (χ0) is 18.4. The molecule has 2 aromatic carbocycles. The number of nitrogens with one attached hydrogen (secondary N) is 1. The Balaban J connectivity index is 1.89. The molecular weight excluding hydrogens is 365 g/mol. The lowest BCUT2D eigenvalue weighted by molar-refractivity contribution is -0.146. The van der Waals surface area contributed by atoms with Gasteiger partial charge in [0.25, 0.3) is 5.91 Å². The van der Waals surface area contributed by atoms with E-state index in [1.165, 1.54) is 13.0 Å². The number of benzene rings is 2. The molecule has 5 nitrogen and oxygen atoms in total. The molecule has 0 aromatic heterocycles. The summed E-state index contributed by atoms with van der Waals surface area (Å²) >= 11 is 11.8. The van der Waals surface area contributed by atoms with Crippen LogP contribution >= 0.6 is 23.2 Å². The highest BCUT2D eigenvalue weighted by atomic mass is 35.5. The van der Waals surface area contributed by atoms with E-state index in [1.807, 2.05) is 0 Å². The summed E-state index contributed by atoms with van der Waals surface area (Å²) in [6.45, 7) is 0.942. The first kappa shape index (κ1) is 19.0. The van der Waals surface area contributed by atoms with Gasteiger partial charge in [-0.1, -0.05) is 41.4 Å². The maximum Gasteiger partial charge on any atom is 0.310 e. The van der Waals surface area contributed by atoms with Gasteiger partial charge < -0.3 is 10.1 Å². The smallest absolute Gasteiger partial charge is 0.310 e. The van der Waals surface area contributed by atoms with Crippen molar-refractivity contribution in [1.29, 1.82) is 0 Å². The number of ketones is 1. The first-order valence-electron chi connectivity index (χ1n) is 7.36. The lowest BCUT2D eigenvalue weighted by atomic mass is 10.1. The molecule has 0 saturated heterocycles. The van der Waals surface area contributed by atoms with Gasteiger partial charge in [0, 0.05) is 15.6 Å². The fraction of sp³-hybridized carbons (Fsp3) is 0.167. The Morgan fingerprint density at radius 2 is 1.80 bits per heavy atom. The Morgan fingerprint density at radius 3 is 2.48 bits per heavy atom. The molecule has 25 heavy (non-hydrogen) atoms. The van der Waals surface area contributed by atoms with E-state index in [9.17, 15) is 14.4 Å². The molecule has 0 fully saturated rings. The first-order valence-corrected chi connectivity index (χ1v) is 8.12. The normalized spacial score (nSPS) is 10.2. The van der Waals surface area contributed by atoms with Gasteiger partial charge in [-0.05, 0) is 36.8 Å². The third-order valence-corrected chi connectivity index (χ3v) is 3.88. The zero-order valence-corrected chi connectivity index (χ0v) is 14.9. The number of esters is 1. The van der Waals surface area contributed by atoms with Crippen molar-refractivity contribution >= 4 is 46.5 Å². The summed E-state index contributed by atoms with van der Waals surface area (Å²) in [6, 6.07) is 11.4. The van der Waals surface area contributed by atoms with E-state index in [4.69, 9.17) is 27.9 Å². The number of hydrogen-bond acceptors (Lipinski definition) is 4. The van der Waals surface area contributed by atoms with E-state index in [1.54, 1.807) is 36.4 Å². The highest BCUT2D eigenvalue weighted by Gasteiger charge is 2.13. The van der Waals surface area contributed by atoms with Crippen molar-refractivity contribution in [3.8, 4) is 0 Å². The minimum atomic E-state index is -0.598. The van der Waals surface area contributed by atoms with Gasteiger partial charge in [-0.3, -0.25) is 14.4 Å². The second-order valence-corrected chi connectivity index (χ2v) is 6.07. The Morgan fingerprint density at radius 1 is 1.08 bits per heavy atom. The lowest BCUT2D eigenvalue weighted by Gasteiger charge is -2.10. The second kappa shape index (κ2) is 8.65. The number of hydrogen-bond donors (Lipinski definition) is 1. The van der Waals surface area contributed by atoms with Gasteiger partial charge in [0.1, 0.15) is 0 Å². The lowest BCUT2D eigenvalue weighted by Crippen LogP contribution is -2.22. The molecule has 0 saturated carbocycles. The Labute approximate surface area is 154 Å². The van der Waals surface area contributed by atoms with Crippen LogP contribution in [0.3, 0.4) is 0 Å². The van der Waals surface area contributed by atoms with Gasteiger partial charge in [0.05, 0.1) is 12.1 Å². The third-order valence-electron chi connectivity index (χ3n) is 3.29. The summed E-state index contributed by atoms with van der Waals surface area (Å²) in [5.41, 5.74) is 1.31. The van der Waals surface area contributed by atoms with Crippen LogP contribution in [-0.4, -0.2) is 24.3 Å². The molecule has 130 valence electrons. The number of Topliss-reactive ketones (excluding diaryl/α,β-unsaturated/α-hetero) is 1. The van der Waals surface area contributed by atoms with Crippen molar-refractivity contribution in [2.24, 2.45) is 0 Å². The van der Waals surface area contributed by atoms with Crippen molar-refractivity contribution in [3.63, 3.8) is 0 Å². The summed E-state index contributed by atoms with van der Waals surface area (Å²) < 4.78 is 4.94. The molecule has 1 amide bonds. The van der Waals surface area contributed by atoms with Gasteiger partial charge in [0.2, 0.25) is 0 Å². The topological polar surface area (TPSA) is 72.5 Å². The van der Waals surface area contributed by atoms with Gasteiger partial charge in [0.15, 0.2) is 12.4 Å². The molecule has 0 aliphatic rings. The molecule has 0 unspecified atom stereocenters. The van der Waals surface area contributed by atoms with Crippen molar-refractivity contribution in [2.45, 2.75) is 13.3 Å². The average molecular weight is 380 g/mol. The highest BCUT2D eigenvalue weighted by molar-refractivity contribution is 6.35. The molecule has 0 spiro atoms. The summed E-state index contributed by atoms with van der Waals surface area (Å²) in [7, 11) is 0. The molecule has 0 atom stereocenters. The Hall–Kier alpha value is -2.37. The minimum Gasteiger partial charge on any atom is -0.455 e. The van der Waals surface area contributed by atoms with Crippen molar-refractivity contribution in [3.05, 3.63) is 63.6 Å². The van der Waals surface area contributed by atoms with E-state index < -0.39 is 18.5 Å². The fourth-order valence-electron chi connectivity index (χ4n) is 2.10. The number of para-hydroxylation sites is 1. The number of carbonyl (C=O) groups excluding carboxylic acids is 3. The molecule has 0 bridgehead atoms. The highest BCUT2D eigenvalue weighted by Crippen LogP contribution is 2.21. The maximum atomic E-state index is 11.9. The van der Waals surface area contributed by atoms with Gasteiger partial charge in [-0.15, -0.1) is 0 Å². The van der Waals surface area contributed by atoms with Gasteiger partial charge in [-0.2, -0.15) is 0 Å². The van der Waals surface area contributed by atoms with Crippen LogP contribution in [0.25, 0.3) is 0 Å². The number of ether oxygens (including phenoxy) is 1.